The quantitative estimate of drug-likeness (QED) is 0.735. The standard InChI is InChI=1S/C19H24N6/c1-15(2)19-22-21-18-7-10-23(11-12-25(18)19)14-17-6-4-9-24(17)16-5-3-8-20-13-16/h3-6,8-9,13,15H,7,10-12,14H2,1-2H3. The van der Waals surface area contributed by atoms with Crippen molar-refractivity contribution in [2.75, 3.05) is 13.1 Å². The maximum atomic E-state index is 4.41. The van der Waals surface area contributed by atoms with Gasteiger partial charge in [-0.05, 0) is 24.3 Å². The van der Waals surface area contributed by atoms with Crippen LogP contribution in [0.3, 0.4) is 0 Å². The summed E-state index contributed by atoms with van der Waals surface area (Å²) >= 11 is 0. The van der Waals surface area contributed by atoms with Crippen molar-refractivity contribution in [1.29, 1.82) is 0 Å². The van der Waals surface area contributed by atoms with Crippen LogP contribution in [0.25, 0.3) is 5.69 Å². The highest BCUT2D eigenvalue weighted by Crippen LogP contribution is 2.18. The van der Waals surface area contributed by atoms with Crippen LogP contribution in [0.1, 0.15) is 37.1 Å². The molecule has 0 unspecified atom stereocenters. The van der Waals surface area contributed by atoms with E-state index in [1.165, 1.54) is 5.69 Å². The molecule has 1 aliphatic heterocycles. The van der Waals surface area contributed by atoms with Crippen molar-refractivity contribution in [3.8, 4) is 5.69 Å². The van der Waals surface area contributed by atoms with Crippen molar-refractivity contribution in [2.24, 2.45) is 0 Å². The first-order valence-electron chi connectivity index (χ1n) is 8.93. The molecule has 1 aliphatic rings. The van der Waals surface area contributed by atoms with Crippen molar-refractivity contribution in [1.82, 2.24) is 29.2 Å². The molecule has 0 saturated heterocycles. The van der Waals surface area contributed by atoms with Gasteiger partial charge >= 0.3 is 0 Å². The Hall–Kier alpha value is -2.47. The summed E-state index contributed by atoms with van der Waals surface area (Å²) in [6, 6.07) is 8.36. The van der Waals surface area contributed by atoms with E-state index >= 15 is 0 Å². The van der Waals surface area contributed by atoms with E-state index in [4.69, 9.17) is 0 Å². The molecule has 0 radical (unpaired) electrons. The molecule has 0 spiro atoms. The average Bonchev–Trinajstić information content (AvgIpc) is 3.20. The van der Waals surface area contributed by atoms with E-state index in [1.54, 1.807) is 0 Å². The summed E-state index contributed by atoms with van der Waals surface area (Å²) in [7, 11) is 0. The zero-order valence-electron chi connectivity index (χ0n) is 14.8. The molecule has 0 bridgehead atoms. The van der Waals surface area contributed by atoms with Gasteiger partial charge in [-0.2, -0.15) is 0 Å². The van der Waals surface area contributed by atoms with Crippen LogP contribution in [0, 0.1) is 0 Å². The molecule has 6 nitrogen and oxygen atoms in total. The van der Waals surface area contributed by atoms with Gasteiger partial charge in [0.1, 0.15) is 11.6 Å². The highest BCUT2D eigenvalue weighted by molar-refractivity contribution is 5.32. The smallest absolute Gasteiger partial charge is 0.135 e. The van der Waals surface area contributed by atoms with Crippen LogP contribution < -0.4 is 0 Å². The van der Waals surface area contributed by atoms with Crippen LogP contribution in [0.2, 0.25) is 0 Å². The van der Waals surface area contributed by atoms with Crippen molar-refractivity contribution < 1.29 is 0 Å². The van der Waals surface area contributed by atoms with Gasteiger partial charge in [-0.25, -0.2) is 0 Å². The van der Waals surface area contributed by atoms with E-state index in [0.29, 0.717) is 5.92 Å². The minimum absolute atomic E-state index is 0.413. The lowest BCUT2D eigenvalue weighted by atomic mass is 10.2. The molecule has 0 saturated carbocycles. The molecule has 0 N–H and O–H groups in total. The Morgan fingerprint density at radius 2 is 2.00 bits per heavy atom. The van der Waals surface area contributed by atoms with Crippen molar-refractivity contribution >= 4 is 0 Å². The Kier molecular flexibility index (Phi) is 4.36. The zero-order valence-corrected chi connectivity index (χ0v) is 14.8. The van der Waals surface area contributed by atoms with Crippen LogP contribution in [0.5, 0.6) is 0 Å². The molecule has 0 aliphatic carbocycles. The molecular formula is C19H24N6. The number of nitrogens with zero attached hydrogens (tertiary/aromatic N) is 6. The van der Waals surface area contributed by atoms with Crippen molar-refractivity contribution in [2.45, 2.75) is 39.3 Å². The summed E-state index contributed by atoms with van der Waals surface area (Å²) in [6.07, 6.45) is 6.77. The van der Waals surface area contributed by atoms with Gasteiger partial charge in [-0.1, -0.05) is 13.8 Å². The second-order valence-electron chi connectivity index (χ2n) is 6.89. The molecule has 6 heteroatoms. The number of hydrogen-bond acceptors (Lipinski definition) is 4. The van der Waals surface area contributed by atoms with E-state index in [1.807, 2.05) is 18.5 Å². The van der Waals surface area contributed by atoms with Crippen LogP contribution in [0.15, 0.2) is 42.9 Å². The third-order valence-electron chi connectivity index (χ3n) is 4.81. The van der Waals surface area contributed by atoms with Gasteiger partial charge in [0, 0.05) is 56.6 Å². The first-order valence-corrected chi connectivity index (χ1v) is 8.93. The Balaban J connectivity index is 1.50. The molecule has 25 heavy (non-hydrogen) atoms. The van der Waals surface area contributed by atoms with Crippen molar-refractivity contribution in [3.63, 3.8) is 0 Å². The summed E-state index contributed by atoms with van der Waals surface area (Å²) in [5, 5.41) is 8.78. The fourth-order valence-electron chi connectivity index (χ4n) is 3.50. The first kappa shape index (κ1) is 16.0. The van der Waals surface area contributed by atoms with E-state index in [2.05, 4.69) is 67.5 Å². The van der Waals surface area contributed by atoms with Gasteiger partial charge in [0.15, 0.2) is 0 Å². The van der Waals surface area contributed by atoms with Gasteiger partial charge in [0.05, 0.1) is 11.9 Å². The fraction of sp³-hybridized carbons (Fsp3) is 0.421. The summed E-state index contributed by atoms with van der Waals surface area (Å²) in [6.45, 7) is 8.28. The van der Waals surface area contributed by atoms with Gasteiger partial charge in [-0.3, -0.25) is 9.88 Å². The lowest BCUT2D eigenvalue weighted by molar-refractivity contribution is 0.265. The van der Waals surface area contributed by atoms with Gasteiger partial charge in [-0.15, -0.1) is 10.2 Å². The maximum absolute atomic E-state index is 4.41. The average molecular weight is 336 g/mol. The molecular weight excluding hydrogens is 312 g/mol. The molecule has 130 valence electrons. The topological polar surface area (TPSA) is 51.8 Å². The monoisotopic (exact) mass is 336 g/mol. The number of aromatic nitrogens is 5. The van der Waals surface area contributed by atoms with Crippen molar-refractivity contribution in [3.05, 3.63) is 60.2 Å². The predicted molar refractivity (Wildman–Crippen MR) is 96.7 cm³/mol. The summed E-state index contributed by atoms with van der Waals surface area (Å²) < 4.78 is 4.53. The van der Waals surface area contributed by atoms with Crippen LogP contribution in [-0.2, 0) is 19.5 Å². The minimum Gasteiger partial charge on any atom is -0.318 e. The number of rotatable bonds is 4. The van der Waals surface area contributed by atoms with Crippen LogP contribution in [-0.4, -0.2) is 42.3 Å². The van der Waals surface area contributed by atoms with Crippen LogP contribution >= 0.6 is 0 Å². The Morgan fingerprint density at radius 1 is 1.08 bits per heavy atom. The molecule has 0 aromatic carbocycles. The first-order chi connectivity index (χ1) is 12.2. The summed E-state index contributed by atoms with van der Waals surface area (Å²) in [4.78, 5) is 6.74. The lowest BCUT2D eigenvalue weighted by Crippen LogP contribution is -2.27. The molecule has 0 fully saturated rings. The Bertz CT molecular complexity index is 833. The van der Waals surface area contributed by atoms with E-state index < -0.39 is 0 Å². The van der Waals surface area contributed by atoms with E-state index in [-0.39, 0.29) is 0 Å². The molecule has 3 aromatic rings. The highest BCUT2D eigenvalue weighted by Gasteiger charge is 2.20. The van der Waals surface area contributed by atoms with Crippen LogP contribution in [0.4, 0.5) is 0 Å². The molecule has 4 rings (SSSR count). The minimum atomic E-state index is 0.413. The number of fused-ring (bicyclic) bond motifs is 1. The molecule has 4 heterocycles. The third kappa shape index (κ3) is 3.22. The molecule has 0 atom stereocenters. The Morgan fingerprint density at radius 3 is 2.80 bits per heavy atom. The molecule has 0 amide bonds. The highest BCUT2D eigenvalue weighted by atomic mass is 15.3. The fourth-order valence-corrected chi connectivity index (χ4v) is 3.50. The number of pyridine rings is 1. The molecule has 3 aromatic heterocycles. The second kappa shape index (κ2) is 6.80. The normalized spacial score (nSPS) is 15.3. The third-order valence-corrected chi connectivity index (χ3v) is 4.81. The SMILES string of the molecule is CC(C)c1nnc2n1CCN(Cc1cccn1-c1cccnc1)CC2. The van der Waals surface area contributed by atoms with E-state index in [0.717, 1.165) is 49.9 Å². The number of hydrogen-bond donors (Lipinski definition) is 0. The maximum Gasteiger partial charge on any atom is 0.135 e. The largest absolute Gasteiger partial charge is 0.318 e. The zero-order chi connectivity index (χ0) is 17.2. The van der Waals surface area contributed by atoms with Gasteiger partial charge in [0.25, 0.3) is 0 Å². The summed E-state index contributed by atoms with van der Waals surface area (Å²) in [5.74, 6) is 2.64. The van der Waals surface area contributed by atoms with E-state index in [9.17, 15) is 0 Å². The Labute approximate surface area is 148 Å². The van der Waals surface area contributed by atoms with Gasteiger partial charge in [0.2, 0.25) is 0 Å². The predicted octanol–water partition coefficient (Wildman–Crippen LogP) is 2.65. The van der Waals surface area contributed by atoms with Gasteiger partial charge < -0.3 is 9.13 Å². The second-order valence-corrected chi connectivity index (χ2v) is 6.89. The summed E-state index contributed by atoms with van der Waals surface area (Å²) in [5.41, 5.74) is 2.39. The lowest BCUT2D eigenvalue weighted by Gasteiger charge is -2.21.